The van der Waals surface area contributed by atoms with Gasteiger partial charge in [0.15, 0.2) is 0 Å². The van der Waals surface area contributed by atoms with E-state index in [4.69, 9.17) is 11.6 Å². The van der Waals surface area contributed by atoms with E-state index in [0.29, 0.717) is 11.0 Å². The molecular formula is C15H17BrClFN2. The van der Waals surface area contributed by atoms with E-state index < -0.39 is 0 Å². The number of nitrogens with zero attached hydrogens (tertiary/aromatic N) is 2. The zero-order valence-corrected chi connectivity index (χ0v) is 14.1. The number of hydrogen-bond acceptors (Lipinski definition) is 1. The Morgan fingerprint density at radius 2 is 2.10 bits per heavy atom. The monoisotopic (exact) mass is 358 g/mol. The molecule has 0 aliphatic carbocycles. The van der Waals surface area contributed by atoms with Crippen LogP contribution in [0.25, 0.3) is 0 Å². The summed E-state index contributed by atoms with van der Waals surface area (Å²) >= 11 is 9.64. The van der Waals surface area contributed by atoms with Crippen LogP contribution in [0.5, 0.6) is 0 Å². The minimum Gasteiger partial charge on any atom is -0.265 e. The summed E-state index contributed by atoms with van der Waals surface area (Å²) in [4.78, 5) is 0. The first-order valence-electron chi connectivity index (χ1n) is 6.56. The van der Waals surface area contributed by atoms with Gasteiger partial charge in [-0.2, -0.15) is 5.10 Å². The summed E-state index contributed by atoms with van der Waals surface area (Å²) < 4.78 is 15.9. The van der Waals surface area contributed by atoms with Gasteiger partial charge in [-0.25, -0.2) is 4.39 Å². The Kier molecular flexibility index (Phi) is 4.86. The highest BCUT2D eigenvalue weighted by Crippen LogP contribution is 2.30. The van der Waals surface area contributed by atoms with Gasteiger partial charge >= 0.3 is 0 Å². The third kappa shape index (κ3) is 2.91. The van der Waals surface area contributed by atoms with E-state index in [1.807, 2.05) is 24.6 Å². The van der Waals surface area contributed by atoms with Gasteiger partial charge in [-0.3, -0.25) is 4.68 Å². The smallest absolute Gasteiger partial charge is 0.137 e. The van der Waals surface area contributed by atoms with Crippen molar-refractivity contribution in [1.29, 1.82) is 0 Å². The maximum Gasteiger partial charge on any atom is 0.137 e. The summed E-state index contributed by atoms with van der Waals surface area (Å²) in [7, 11) is 0. The van der Waals surface area contributed by atoms with Gasteiger partial charge < -0.3 is 0 Å². The van der Waals surface area contributed by atoms with Crippen LogP contribution >= 0.6 is 27.5 Å². The Hall–Kier alpha value is -0.870. The van der Waals surface area contributed by atoms with Gasteiger partial charge in [0.25, 0.3) is 0 Å². The molecule has 0 aliphatic heterocycles. The van der Waals surface area contributed by atoms with Crippen molar-refractivity contribution < 1.29 is 4.39 Å². The molecule has 1 heterocycles. The van der Waals surface area contributed by atoms with Crippen molar-refractivity contribution in [3.8, 4) is 0 Å². The van der Waals surface area contributed by atoms with Gasteiger partial charge in [-0.05, 0) is 47.8 Å². The van der Waals surface area contributed by atoms with Crippen LogP contribution in [0.15, 0.2) is 22.7 Å². The molecule has 0 fully saturated rings. The van der Waals surface area contributed by atoms with E-state index in [-0.39, 0.29) is 11.2 Å². The largest absolute Gasteiger partial charge is 0.265 e. The predicted octanol–water partition coefficient (Wildman–Crippen LogP) is 5.14. The van der Waals surface area contributed by atoms with Crippen molar-refractivity contribution >= 4 is 27.5 Å². The summed E-state index contributed by atoms with van der Waals surface area (Å²) in [6.45, 7) is 6.55. The van der Waals surface area contributed by atoms with E-state index in [1.54, 1.807) is 6.07 Å². The molecule has 0 saturated heterocycles. The maximum absolute atomic E-state index is 13.6. The second-order valence-electron chi connectivity index (χ2n) is 4.83. The zero-order chi connectivity index (χ0) is 14.9. The average molecular weight is 360 g/mol. The zero-order valence-electron chi connectivity index (χ0n) is 11.8. The Morgan fingerprint density at radius 3 is 2.75 bits per heavy atom. The van der Waals surface area contributed by atoms with Gasteiger partial charge in [0.1, 0.15) is 5.82 Å². The van der Waals surface area contributed by atoms with E-state index in [1.165, 1.54) is 6.07 Å². The summed E-state index contributed by atoms with van der Waals surface area (Å²) in [6.07, 6.45) is 0.860. The molecule has 108 valence electrons. The quantitative estimate of drug-likeness (QED) is 0.691. The molecule has 1 atom stereocenters. The number of aromatic nitrogens is 2. The molecule has 0 spiro atoms. The van der Waals surface area contributed by atoms with Crippen LogP contribution < -0.4 is 0 Å². The van der Waals surface area contributed by atoms with E-state index in [2.05, 4.69) is 28.0 Å². The highest BCUT2D eigenvalue weighted by atomic mass is 79.9. The first-order valence-corrected chi connectivity index (χ1v) is 7.79. The number of hydrogen-bond donors (Lipinski definition) is 0. The van der Waals surface area contributed by atoms with E-state index >= 15 is 0 Å². The second kappa shape index (κ2) is 6.27. The molecule has 2 rings (SSSR count). The lowest BCUT2D eigenvalue weighted by atomic mass is 10.1. The summed E-state index contributed by atoms with van der Waals surface area (Å²) in [5, 5.41) is 4.51. The Bertz CT molecular complexity index is 625. The van der Waals surface area contributed by atoms with Crippen LogP contribution in [-0.2, 0) is 6.54 Å². The van der Waals surface area contributed by atoms with Crippen LogP contribution in [0.1, 0.15) is 41.2 Å². The number of aryl methyl sites for hydroxylation is 1. The number of halogens is 3. The first kappa shape index (κ1) is 15.5. The van der Waals surface area contributed by atoms with Crippen molar-refractivity contribution in [1.82, 2.24) is 9.78 Å². The van der Waals surface area contributed by atoms with Crippen molar-refractivity contribution in [2.24, 2.45) is 0 Å². The molecule has 2 aromatic rings. The molecule has 20 heavy (non-hydrogen) atoms. The van der Waals surface area contributed by atoms with Gasteiger partial charge in [-0.1, -0.05) is 19.1 Å². The van der Waals surface area contributed by atoms with Gasteiger partial charge in [0.05, 0.1) is 22.1 Å². The number of rotatable bonds is 4. The molecule has 1 aromatic heterocycles. The Morgan fingerprint density at radius 1 is 1.40 bits per heavy atom. The predicted molar refractivity (Wildman–Crippen MR) is 83.8 cm³/mol. The molecule has 1 unspecified atom stereocenters. The standard InChI is InChI=1S/C15H17BrClFN2/c1-4-12(17)14-9(2)19-20(10(14)3)8-11-6-5-7-13(18)15(11)16/h5-7,12H,4,8H2,1-3H3. The Balaban J connectivity index is 2.38. The van der Waals surface area contributed by atoms with Crippen molar-refractivity contribution in [3.05, 3.63) is 51.0 Å². The molecule has 0 radical (unpaired) electrons. The van der Waals surface area contributed by atoms with E-state index in [0.717, 1.165) is 28.9 Å². The third-order valence-electron chi connectivity index (χ3n) is 3.46. The minimum absolute atomic E-state index is 0.0281. The number of benzene rings is 1. The van der Waals surface area contributed by atoms with E-state index in [9.17, 15) is 4.39 Å². The fourth-order valence-corrected chi connectivity index (χ4v) is 3.06. The van der Waals surface area contributed by atoms with Crippen molar-refractivity contribution in [2.75, 3.05) is 0 Å². The lowest BCUT2D eigenvalue weighted by Crippen LogP contribution is -2.06. The van der Waals surface area contributed by atoms with Crippen LogP contribution in [0.2, 0.25) is 0 Å². The topological polar surface area (TPSA) is 17.8 Å². The van der Waals surface area contributed by atoms with Gasteiger partial charge in [-0.15, -0.1) is 11.6 Å². The maximum atomic E-state index is 13.6. The summed E-state index contributed by atoms with van der Waals surface area (Å²) in [5.41, 5.74) is 3.93. The molecule has 2 nitrogen and oxygen atoms in total. The third-order valence-corrected chi connectivity index (χ3v) is 4.88. The van der Waals surface area contributed by atoms with Crippen LogP contribution in [-0.4, -0.2) is 9.78 Å². The highest BCUT2D eigenvalue weighted by molar-refractivity contribution is 9.10. The first-order chi connectivity index (χ1) is 9.45. The lowest BCUT2D eigenvalue weighted by molar-refractivity contribution is 0.607. The van der Waals surface area contributed by atoms with Crippen LogP contribution in [0.4, 0.5) is 4.39 Å². The molecule has 1 aromatic carbocycles. The summed E-state index contributed by atoms with van der Waals surface area (Å²) in [5.74, 6) is -0.256. The molecular weight excluding hydrogens is 343 g/mol. The van der Waals surface area contributed by atoms with Crippen LogP contribution in [0.3, 0.4) is 0 Å². The fourth-order valence-electron chi connectivity index (χ4n) is 2.35. The summed E-state index contributed by atoms with van der Waals surface area (Å²) in [6, 6.07) is 5.03. The molecule has 0 aliphatic rings. The second-order valence-corrected chi connectivity index (χ2v) is 6.15. The van der Waals surface area contributed by atoms with Crippen molar-refractivity contribution in [2.45, 2.75) is 39.1 Å². The van der Waals surface area contributed by atoms with Crippen LogP contribution in [0, 0.1) is 19.7 Å². The Labute approximate surface area is 132 Å². The molecule has 0 bridgehead atoms. The van der Waals surface area contributed by atoms with Crippen molar-refractivity contribution in [3.63, 3.8) is 0 Å². The normalized spacial score (nSPS) is 12.7. The minimum atomic E-state index is -0.256. The van der Waals surface area contributed by atoms with Gasteiger partial charge in [0.2, 0.25) is 0 Å². The van der Waals surface area contributed by atoms with Gasteiger partial charge in [0, 0.05) is 11.3 Å². The number of alkyl halides is 1. The fraction of sp³-hybridized carbons (Fsp3) is 0.400. The molecule has 5 heteroatoms. The average Bonchev–Trinajstić information content (AvgIpc) is 2.69. The molecule has 0 saturated carbocycles. The highest BCUT2D eigenvalue weighted by Gasteiger charge is 2.18. The lowest BCUT2D eigenvalue weighted by Gasteiger charge is -2.10. The molecule has 0 amide bonds. The SMILES string of the molecule is CCC(Cl)c1c(C)nn(Cc2cccc(F)c2Br)c1C. The molecule has 0 N–H and O–H groups in total.